The van der Waals surface area contributed by atoms with Crippen molar-refractivity contribution in [3.8, 4) is 11.3 Å². The largest absolute Gasteiger partial charge is 0.478 e. The van der Waals surface area contributed by atoms with Gasteiger partial charge >= 0.3 is 5.97 Å². The van der Waals surface area contributed by atoms with Crippen LogP contribution in [0.3, 0.4) is 0 Å². The lowest BCUT2D eigenvalue weighted by Crippen LogP contribution is -2.04. The van der Waals surface area contributed by atoms with Crippen molar-refractivity contribution in [2.24, 2.45) is 0 Å². The van der Waals surface area contributed by atoms with Gasteiger partial charge in [0.25, 0.3) is 0 Å². The molecule has 112 valence electrons. The number of methoxy groups -OCH3 is 1. The number of aryl methyl sites for hydroxylation is 1. The average Bonchev–Trinajstić information content (AvgIpc) is 2.77. The first kappa shape index (κ1) is 15.3. The second-order valence-electron chi connectivity index (χ2n) is 5.11. The van der Waals surface area contributed by atoms with Gasteiger partial charge in [-0.25, -0.2) is 9.78 Å². The number of aromatic nitrogens is 1. The summed E-state index contributed by atoms with van der Waals surface area (Å²) in [6.07, 6.45) is 0. The first-order valence-corrected chi connectivity index (χ1v) is 6.66. The zero-order valence-electron chi connectivity index (χ0n) is 12.9. The maximum absolute atomic E-state index is 11.4. The van der Waals surface area contributed by atoms with Crippen LogP contribution in [0.15, 0.2) is 10.5 Å². The number of aromatic carboxylic acids is 1. The zero-order chi connectivity index (χ0) is 15.7. The van der Waals surface area contributed by atoms with E-state index in [1.54, 1.807) is 13.2 Å². The number of ether oxygens (including phenoxy) is 1. The molecule has 1 heterocycles. The first-order chi connectivity index (χ1) is 9.86. The molecule has 1 N–H and O–H groups in total. The number of carbonyl (C=O) groups is 1. The third kappa shape index (κ3) is 2.69. The third-order valence-electron chi connectivity index (χ3n) is 3.81. The molecular formula is C16H19NO4. The lowest BCUT2D eigenvalue weighted by atomic mass is 9.92. The van der Waals surface area contributed by atoms with Crippen LogP contribution in [0.1, 0.15) is 38.6 Å². The summed E-state index contributed by atoms with van der Waals surface area (Å²) in [5.41, 5.74) is 4.51. The second kappa shape index (κ2) is 5.69. The van der Waals surface area contributed by atoms with Crippen molar-refractivity contribution in [3.05, 3.63) is 39.9 Å². The average molecular weight is 289 g/mol. The molecule has 2 rings (SSSR count). The Hall–Kier alpha value is -2.14. The minimum absolute atomic E-state index is 0.288. The molecule has 0 radical (unpaired) electrons. The first-order valence-electron chi connectivity index (χ1n) is 6.66. The number of benzene rings is 1. The summed E-state index contributed by atoms with van der Waals surface area (Å²) >= 11 is 0. The monoisotopic (exact) mass is 289 g/mol. The van der Waals surface area contributed by atoms with Gasteiger partial charge in [0.15, 0.2) is 5.76 Å². The summed E-state index contributed by atoms with van der Waals surface area (Å²) in [6.45, 7) is 7.83. The van der Waals surface area contributed by atoms with Gasteiger partial charge in [-0.15, -0.1) is 0 Å². The normalized spacial score (nSPS) is 10.9. The zero-order valence-corrected chi connectivity index (χ0v) is 12.9. The van der Waals surface area contributed by atoms with Gasteiger partial charge in [0.2, 0.25) is 5.89 Å². The number of rotatable bonds is 4. The van der Waals surface area contributed by atoms with Gasteiger partial charge < -0.3 is 14.3 Å². The van der Waals surface area contributed by atoms with E-state index in [1.165, 1.54) is 0 Å². The fraction of sp³-hybridized carbons (Fsp3) is 0.375. The van der Waals surface area contributed by atoms with E-state index in [9.17, 15) is 9.90 Å². The molecule has 0 saturated carbocycles. The quantitative estimate of drug-likeness (QED) is 0.933. The summed E-state index contributed by atoms with van der Waals surface area (Å²) in [4.78, 5) is 15.7. The lowest BCUT2D eigenvalue weighted by Gasteiger charge is -2.13. The van der Waals surface area contributed by atoms with Gasteiger partial charge in [0.05, 0.1) is 11.3 Å². The number of hydrogen-bond acceptors (Lipinski definition) is 4. The molecule has 2 aromatic rings. The van der Waals surface area contributed by atoms with Crippen molar-refractivity contribution in [1.29, 1.82) is 0 Å². The van der Waals surface area contributed by atoms with Crippen LogP contribution in [0.2, 0.25) is 0 Å². The number of carboxylic acids is 1. The van der Waals surface area contributed by atoms with Gasteiger partial charge in [-0.3, -0.25) is 0 Å². The number of hydrogen-bond donors (Lipinski definition) is 1. The maximum Gasteiger partial charge on any atom is 0.335 e. The molecule has 5 nitrogen and oxygen atoms in total. The Morgan fingerprint density at radius 2 is 1.90 bits per heavy atom. The van der Waals surface area contributed by atoms with Crippen molar-refractivity contribution in [2.75, 3.05) is 7.11 Å². The van der Waals surface area contributed by atoms with Gasteiger partial charge in [-0.2, -0.15) is 0 Å². The molecule has 0 aliphatic heterocycles. The topological polar surface area (TPSA) is 72.6 Å². The van der Waals surface area contributed by atoms with E-state index in [-0.39, 0.29) is 12.2 Å². The van der Waals surface area contributed by atoms with Crippen molar-refractivity contribution >= 4 is 5.97 Å². The van der Waals surface area contributed by atoms with Crippen LogP contribution in [0.5, 0.6) is 0 Å². The Kier molecular flexibility index (Phi) is 4.14. The highest BCUT2D eigenvalue weighted by Crippen LogP contribution is 2.32. The Morgan fingerprint density at radius 1 is 1.24 bits per heavy atom. The van der Waals surface area contributed by atoms with Crippen LogP contribution in [0.25, 0.3) is 11.3 Å². The molecule has 0 amide bonds. The molecule has 0 aliphatic rings. The Labute approximate surface area is 123 Å². The molecule has 0 saturated heterocycles. The minimum atomic E-state index is -0.939. The van der Waals surface area contributed by atoms with E-state index in [0.717, 1.165) is 27.9 Å². The van der Waals surface area contributed by atoms with Gasteiger partial charge in [-0.1, -0.05) is 0 Å². The van der Waals surface area contributed by atoms with E-state index in [4.69, 9.17) is 9.15 Å². The molecule has 0 aliphatic carbocycles. The summed E-state index contributed by atoms with van der Waals surface area (Å²) in [6, 6.07) is 1.66. The molecule has 21 heavy (non-hydrogen) atoms. The number of oxazole rings is 1. The van der Waals surface area contributed by atoms with Crippen molar-refractivity contribution < 1.29 is 19.1 Å². The third-order valence-corrected chi connectivity index (χ3v) is 3.81. The van der Waals surface area contributed by atoms with Gasteiger partial charge in [0.1, 0.15) is 6.61 Å². The number of nitrogens with zero attached hydrogens (tertiary/aromatic N) is 1. The number of carboxylic acid groups (broad SMARTS) is 1. The maximum atomic E-state index is 11.4. The highest BCUT2D eigenvalue weighted by molar-refractivity contribution is 5.92. The predicted molar refractivity (Wildman–Crippen MR) is 78.6 cm³/mol. The highest BCUT2D eigenvalue weighted by atomic mass is 16.5. The van der Waals surface area contributed by atoms with Crippen LogP contribution < -0.4 is 0 Å². The van der Waals surface area contributed by atoms with Gasteiger partial charge in [0, 0.05) is 12.7 Å². The van der Waals surface area contributed by atoms with E-state index in [0.29, 0.717) is 11.7 Å². The molecule has 0 unspecified atom stereocenters. The standard InChI is InChI=1S/C16H19NO4/c1-8-9(2)12(6-13(10(8)3)16(18)19)15-11(4)17-14(21-15)7-20-5/h6H,7H2,1-5H3,(H,18,19). The SMILES string of the molecule is COCc1nc(C)c(-c2cc(C(=O)O)c(C)c(C)c2C)o1. The van der Waals surface area contributed by atoms with Gasteiger partial charge in [-0.05, 0) is 50.5 Å². The smallest absolute Gasteiger partial charge is 0.335 e. The highest BCUT2D eigenvalue weighted by Gasteiger charge is 2.19. The van der Waals surface area contributed by atoms with Crippen molar-refractivity contribution in [1.82, 2.24) is 4.98 Å². The summed E-state index contributed by atoms with van der Waals surface area (Å²) in [5.74, 6) is 0.149. The van der Waals surface area contributed by atoms with Crippen molar-refractivity contribution in [2.45, 2.75) is 34.3 Å². The predicted octanol–water partition coefficient (Wildman–Crippen LogP) is 3.42. The van der Waals surface area contributed by atoms with Crippen LogP contribution in [-0.2, 0) is 11.3 Å². The lowest BCUT2D eigenvalue weighted by molar-refractivity contribution is 0.0696. The minimum Gasteiger partial charge on any atom is -0.478 e. The molecule has 0 spiro atoms. The van der Waals surface area contributed by atoms with E-state index < -0.39 is 5.97 Å². The van der Waals surface area contributed by atoms with E-state index in [2.05, 4.69) is 4.98 Å². The summed E-state index contributed by atoms with van der Waals surface area (Å²) in [5, 5.41) is 9.34. The van der Waals surface area contributed by atoms with E-state index >= 15 is 0 Å². The molecule has 0 fully saturated rings. The Morgan fingerprint density at radius 3 is 2.48 bits per heavy atom. The Bertz CT molecular complexity index is 701. The summed E-state index contributed by atoms with van der Waals surface area (Å²) < 4.78 is 10.7. The van der Waals surface area contributed by atoms with Crippen molar-refractivity contribution in [3.63, 3.8) is 0 Å². The fourth-order valence-corrected chi connectivity index (χ4v) is 2.39. The van der Waals surface area contributed by atoms with Crippen LogP contribution >= 0.6 is 0 Å². The molecule has 5 heteroatoms. The Balaban J connectivity index is 2.66. The summed E-state index contributed by atoms with van der Waals surface area (Å²) in [7, 11) is 1.57. The van der Waals surface area contributed by atoms with Crippen LogP contribution in [0, 0.1) is 27.7 Å². The molecule has 0 atom stereocenters. The van der Waals surface area contributed by atoms with Crippen LogP contribution in [-0.4, -0.2) is 23.2 Å². The molecule has 1 aromatic heterocycles. The second-order valence-corrected chi connectivity index (χ2v) is 5.11. The molecule has 0 bridgehead atoms. The van der Waals surface area contributed by atoms with Crippen LogP contribution in [0.4, 0.5) is 0 Å². The molecule has 1 aromatic carbocycles. The van der Waals surface area contributed by atoms with E-state index in [1.807, 2.05) is 27.7 Å². The molecular weight excluding hydrogens is 270 g/mol. The fourth-order valence-electron chi connectivity index (χ4n) is 2.39.